The molecule has 7 nitrogen and oxygen atoms in total. The summed E-state index contributed by atoms with van der Waals surface area (Å²) in [5, 5.41) is 25.2. The van der Waals surface area contributed by atoms with E-state index in [1.165, 1.54) is 5.56 Å². The quantitative estimate of drug-likeness (QED) is 0.532. The molecule has 2 aromatic rings. The zero-order valence-electron chi connectivity index (χ0n) is 20.6. The van der Waals surface area contributed by atoms with Gasteiger partial charge in [0.25, 0.3) is 11.5 Å². The summed E-state index contributed by atoms with van der Waals surface area (Å²) < 4.78 is 0. The number of aromatic amines is 1. The number of hydrogen-bond donors (Lipinski definition) is 4. The molecule has 3 heterocycles. The highest BCUT2D eigenvalue weighted by atomic mass is 16.3. The Morgan fingerprint density at radius 2 is 2.06 bits per heavy atom. The SMILES string of the molecule is CN1CC2Cc3cc(O)ccc3C[C@@H]1C1(O)Cc3cc(C(=O)NCC4=CC=CCC4)c(=O)[nH]c3C[C@@H]21. The molecule has 4 N–H and O–H groups in total. The van der Waals surface area contributed by atoms with E-state index < -0.39 is 5.60 Å². The van der Waals surface area contributed by atoms with Gasteiger partial charge in [0.05, 0.1) is 5.60 Å². The van der Waals surface area contributed by atoms with Crippen LogP contribution in [-0.4, -0.2) is 57.8 Å². The fourth-order valence-electron chi connectivity index (χ4n) is 7.02. The first-order valence-corrected chi connectivity index (χ1v) is 12.9. The Bertz CT molecular complexity index is 1340. The predicted molar refractivity (Wildman–Crippen MR) is 137 cm³/mol. The number of H-pyrrole nitrogens is 1. The molecule has 1 aromatic heterocycles. The maximum Gasteiger partial charge on any atom is 0.261 e. The van der Waals surface area contributed by atoms with Crippen LogP contribution in [-0.2, 0) is 25.7 Å². The van der Waals surface area contributed by atoms with Crippen molar-refractivity contribution in [3.63, 3.8) is 0 Å². The van der Waals surface area contributed by atoms with Crippen LogP contribution in [0, 0.1) is 11.8 Å². The number of aromatic nitrogens is 1. The lowest BCUT2D eigenvalue weighted by atomic mass is 9.59. The second-order valence-electron chi connectivity index (χ2n) is 11.0. The van der Waals surface area contributed by atoms with Crippen molar-refractivity contribution in [3.05, 3.63) is 86.4 Å². The van der Waals surface area contributed by atoms with E-state index in [1.807, 2.05) is 24.3 Å². The van der Waals surface area contributed by atoms with Crippen molar-refractivity contribution < 1.29 is 15.0 Å². The summed E-state index contributed by atoms with van der Waals surface area (Å²) in [6.45, 7) is 1.28. The number of benzene rings is 1. The van der Waals surface area contributed by atoms with E-state index in [1.54, 1.807) is 12.1 Å². The number of phenolic OH excluding ortho intramolecular Hbond substituents is 1. The number of nitrogens with zero attached hydrogens (tertiary/aromatic N) is 1. The number of likely N-dealkylation sites (N-methyl/N-ethyl adjacent to an activating group) is 1. The molecule has 36 heavy (non-hydrogen) atoms. The minimum atomic E-state index is -0.967. The van der Waals surface area contributed by atoms with E-state index in [9.17, 15) is 19.8 Å². The Morgan fingerprint density at radius 3 is 2.86 bits per heavy atom. The monoisotopic (exact) mass is 487 g/mol. The molecule has 1 amide bonds. The van der Waals surface area contributed by atoms with Crippen LogP contribution in [0.3, 0.4) is 0 Å². The average Bonchev–Trinajstić information content (AvgIpc) is 2.84. The van der Waals surface area contributed by atoms with E-state index in [-0.39, 0.29) is 40.7 Å². The van der Waals surface area contributed by atoms with Gasteiger partial charge in [-0.2, -0.15) is 0 Å². The van der Waals surface area contributed by atoms with E-state index in [0.29, 0.717) is 25.8 Å². The van der Waals surface area contributed by atoms with Crippen molar-refractivity contribution in [2.24, 2.45) is 11.8 Å². The molecule has 0 saturated carbocycles. The molecule has 2 unspecified atom stereocenters. The minimum Gasteiger partial charge on any atom is -0.508 e. The van der Waals surface area contributed by atoms with Crippen molar-refractivity contribution in [1.29, 1.82) is 0 Å². The number of allylic oxidation sites excluding steroid dienone is 3. The number of fused-ring (bicyclic) bond motifs is 2. The highest BCUT2D eigenvalue weighted by molar-refractivity contribution is 5.94. The fraction of sp³-hybridized carbons (Fsp3) is 0.448. The van der Waals surface area contributed by atoms with Crippen LogP contribution >= 0.6 is 0 Å². The molecule has 188 valence electrons. The van der Waals surface area contributed by atoms with E-state index in [2.05, 4.69) is 28.3 Å². The number of aromatic hydroxyl groups is 1. The molecule has 7 heteroatoms. The molecule has 0 spiro atoms. The van der Waals surface area contributed by atoms with Gasteiger partial charge in [-0.05, 0) is 85.9 Å². The number of carbonyl (C=O) groups excluding carboxylic acids is 1. The maximum atomic E-state index is 12.9. The van der Waals surface area contributed by atoms with Crippen molar-refractivity contribution in [3.8, 4) is 5.75 Å². The van der Waals surface area contributed by atoms with E-state index in [4.69, 9.17) is 0 Å². The average molecular weight is 488 g/mol. The Hall–Kier alpha value is -3.16. The Kier molecular flexibility index (Phi) is 5.65. The summed E-state index contributed by atoms with van der Waals surface area (Å²) in [6, 6.07) is 7.17. The van der Waals surface area contributed by atoms with Crippen LogP contribution in [0.5, 0.6) is 5.75 Å². The highest BCUT2D eigenvalue weighted by Gasteiger charge is 2.55. The van der Waals surface area contributed by atoms with Crippen LogP contribution in [0.4, 0.5) is 0 Å². The molecule has 1 saturated heterocycles. The van der Waals surface area contributed by atoms with Gasteiger partial charge in [-0.1, -0.05) is 29.9 Å². The van der Waals surface area contributed by atoms with Crippen LogP contribution < -0.4 is 10.9 Å². The lowest BCUT2D eigenvalue weighted by molar-refractivity contribution is -0.145. The molecule has 7 rings (SSSR count). The summed E-state index contributed by atoms with van der Waals surface area (Å²) in [7, 11) is 2.08. The first kappa shape index (κ1) is 23.3. The van der Waals surface area contributed by atoms with Crippen molar-refractivity contribution in [2.45, 2.75) is 50.2 Å². The third-order valence-electron chi connectivity index (χ3n) is 8.86. The first-order chi connectivity index (χ1) is 17.3. The molecular weight excluding hydrogens is 454 g/mol. The third-order valence-corrected chi connectivity index (χ3v) is 8.86. The van der Waals surface area contributed by atoms with Crippen LogP contribution in [0.2, 0.25) is 0 Å². The van der Waals surface area contributed by atoms with Crippen molar-refractivity contribution >= 4 is 5.91 Å². The molecule has 2 bridgehead atoms. The number of piperidine rings is 1. The molecule has 3 aliphatic carbocycles. The zero-order valence-corrected chi connectivity index (χ0v) is 20.6. The normalized spacial score (nSPS) is 28.8. The number of nitrogens with one attached hydrogen (secondary N) is 2. The maximum absolute atomic E-state index is 12.9. The van der Waals surface area contributed by atoms with Crippen LogP contribution in [0.15, 0.2) is 52.9 Å². The topological polar surface area (TPSA) is 106 Å². The predicted octanol–water partition coefficient (Wildman–Crippen LogP) is 2.26. The second kappa shape index (κ2) is 8.75. The summed E-state index contributed by atoms with van der Waals surface area (Å²) in [4.78, 5) is 31.1. The number of phenols is 1. The van der Waals surface area contributed by atoms with Crippen LogP contribution in [0.1, 0.15) is 45.6 Å². The van der Waals surface area contributed by atoms with Gasteiger partial charge in [-0.15, -0.1) is 0 Å². The van der Waals surface area contributed by atoms with Gasteiger partial charge in [-0.3, -0.25) is 14.5 Å². The number of aliphatic hydroxyl groups is 1. The number of carbonyl (C=O) groups is 1. The smallest absolute Gasteiger partial charge is 0.261 e. The molecule has 4 atom stereocenters. The zero-order chi connectivity index (χ0) is 25.0. The van der Waals surface area contributed by atoms with Gasteiger partial charge in [0.1, 0.15) is 11.3 Å². The fourth-order valence-corrected chi connectivity index (χ4v) is 7.02. The number of pyridine rings is 1. The van der Waals surface area contributed by atoms with Gasteiger partial charge in [0, 0.05) is 31.2 Å². The molecular formula is C29H33N3O4. The molecule has 2 aliphatic heterocycles. The molecule has 1 aromatic carbocycles. The van der Waals surface area contributed by atoms with E-state index in [0.717, 1.165) is 48.2 Å². The largest absolute Gasteiger partial charge is 0.508 e. The molecule has 5 aliphatic rings. The summed E-state index contributed by atoms with van der Waals surface area (Å²) in [6.07, 6.45) is 10.4. The lowest BCUT2D eigenvalue weighted by Gasteiger charge is -2.57. The number of rotatable bonds is 3. The van der Waals surface area contributed by atoms with Gasteiger partial charge in [0.15, 0.2) is 0 Å². The minimum absolute atomic E-state index is 0.0108. The Morgan fingerprint density at radius 1 is 1.19 bits per heavy atom. The number of amides is 1. The van der Waals surface area contributed by atoms with Crippen molar-refractivity contribution in [1.82, 2.24) is 15.2 Å². The highest BCUT2D eigenvalue weighted by Crippen LogP contribution is 2.48. The van der Waals surface area contributed by atoms with E-state index >= 15 is 0 Å². The third kappa shape index (κ3) is 3.91. The lowest BCUT2D eigenvalue weighted by Crippen LogP contribution is -2.68. The van der Waals surface area contributed by atoms with Gasteiger partial charge >= 0.3 is 0 Å². The summed E-state index contributed by atoms with van der Waals surface area (Å²) in [5.41, 5.74) is 3.90. The Labute approximate surface area is 210 Å². The number of hydrogen-bond acceptors (Lipinski definition) is 5. The van der Waals surface area contributed by atoms with Crippen molar-refractivity contribution in [2.75, 3.05) is 20.1 Å². The van der Waals surface area contributed by atoms with Crippen LogP contribution in [0.25, 0.3) is 0 Å². The van der Waals surface area contributed by atoms with Gasteiger partial charge in [0.2, 0.25) is 0 Å². The Balaban J connectivity index is 1.31. The first-order valence-electron chi connectivity index (χ1n) is 12.9. The summed E-state index contributed by atoms with van der Waals surface area (Å²) >= 11 is 0. The van der Waals surface area contributed by atoms with Gasteiger partial charge < -0.3 is 20.5 Å². The standard InChI is InChI=1S/C29H33N3O4/c1-32-16-21-9-19-10-22(33)8-7-18(19)12-26(32)29(36)14-20-11-23(28(35)31-25(20)13-24(21)29)27(34)30-15-17-5-3-2-4-6-17/h2-3,5,7-8,10-11,21,24,26,33,36H,4,6,9,12-16H2,1H3,(H,30,34)(H,31,35)/t21?,24-,26+,29?/m0/s1. The molecule has 1 fully saturated rings. The second-order valence-corrected chi connectivity index (χ2v) is 11.0. The summed E-state index contributed by atoms with van der Waals surface area (Å²) in [5.74, 6) is 0.0701. The van der Waals surface area contributed by atoms with Gasteiger partial charge in [-0.25, -0.2) is 0 Å². The molecule has 0 radical (unpaired) electrons.